The molecule has 0 bridgehead atoms. The quantitative estimate of drug-likeness (QED) is 0.634. The fraction of sp³-hybridized carbons (Fsp3) is 0.500. The summed E-state index contributed by atoms with van der Waals surface area (Å²) >= 11 is 0. The first-order chi connectivity index (χ1) is 10.4. The van der Waals surface area contributed by atoms with Crippen molar-refractivity contribution < 1.29 is 19.3 Å². The fourth-order valence-corrected chi connectivity index (χ4v) is 2.12. The molecule has 1 aromatic rings. The molecule has 6 nitrogen and oxygen atoms in total. The summed E-state index contributed by atoms with van der Waals surface area (Å²) in [6, 6.07) is 5.50. The van der Waals surface area contributed by atoms with Crippen LogP contribution >= 0.6 is 0 Å². The van der Waals surface area contributed by atoms with Gasteiger partial charge in [0.2, 0.25) is 0 Å². The summed E-state index contributed by atoms with van der Waals surface area (Å²) in [7, 11) is 1.44. The van der Waals surface area contributed by atoms with E-state index in [1.807, 2.05) is 39.0 Å². The number of carbonyl (C=O) groups is 1. The Balaban J connectivity index is 2.02. The fourth-order valence-electron chi connectivity index (χ4n) is 2.12. The van der Waals surface area contributed by atoms with E-state index in [1.165, 1.54) is 7.11 Å². The highest BCUT2D eigenvalue weighted by molar-refractivity contribution is 5.71. The lowest BCUT2D eigenvalue weighted by molar-refractivity contribution is -0.181. The van der Waals surface area contributed by atoms with Crippen LogP contribution in [0.4, 0.5) is 4.79 Å². The summed E-state index contributed by atoms with van der Waals surface area (Å²) < 4.78 is 5.37. The zero-order valence-corrected chi connectivity index (χ0v) is 13.5. The Morgan fingerprint density at radius 1 is 1.32 bits per heavy atom. The van der Waals surface area contributed by atoms with E-state index in [-0.39, 0.29) is 6.09 Å². The van der Waals surface area contributed by atoms with Gasteiger partial charge < -0.3 is 14.5 Å². The average Bonchev–Trinajstić information content (AvgIpc) is 2.46. The van der Waals surface area contributed by atoms with E-state index in [9.17, 15) is 4.79 Å². The standard InChI is InChI=1S/C16H22N2O4/c1-16(2,3)21-15(19)18-10-8-12(9-11-18)13-6-5-7-14(17-13)22-20-4/h5-8H,9-11H2,1-4H3. The normalized spacial score (nSPS) is 15.3. The summed E-state index contributed by atoms with van der Waals surface area (Å²) in [5.74, 6) is 0.412. The molecule has 0 N–H and O–H groups in total. The van der Waals surface area contributed by atoms with Gasteiger partial charge in [-0.3, -0.25) is 0 Å². The molecule has 2 heterocycles. The van der Waals surface area contributed by atoms with Crippen molar-refractivity contribution in [2.24, 2.45) is 0 Å². The third-order valence-corrected chi connectivity index (χ3v) is 3.08. The van der Waals surface area contributed by atoms with Gasteiger partial charge in [-0.1, -0.05) is 12.1 Å². The molecule has 1 aliphatic rings. The first-order valence-corrected chi connectivity index (χ1v) is 7.24. The zero-order valence-electron chi connectivity index (χ0n) is 13.5. The number of carbonyl (C=O) groups excluding carboxylic acids is 1. The maximum absolute atomic E-state index is 12.0. The molecule has 0 radical (unpaired) electrons. The Morgan fingerprint density at radius 2 is 2.09 bits per heavy atom. The number of aromatic nitrogens is 1. The minimum absolute atomic E-state index is 0.285. The molecule has 0 unspecified atom stereocenters. The summed E-state index contributed by atoms with van der Waals surface area (Å²) in [6.07, 6.45) is 2.43. The van der Waals surface area contributed by atoms with Gasteiger partial charge in [0.15, 0.2) is 0 Å². The van der Waals surface area contributed by atoms with E-state index >= 15 is 0 Å². The van der Waals surface area contributed by atoms with Crippen LogP contribution in [0.5, 0.6) is 5.88 Å². The number of nitrogens with zero attached hydrogens (tertiary/aromatic N) is 2. The summed E-state index contributed by atoms with van der Waals surface area (Å²) in [5, 5.41) is 0. The molecule has 0 saturated heterocycles. The average molecular weight is 306 g/mol. The van der Waals surface area contributed by atoms with Crippen molar-refractivity contribution >= 4 is 11.7 Å². The third-order valence-electron chi connectivity index (χ3n) is 3.08. The van der Waals surface area contributed by atoms with Gasteiger partial charge in [-0.25, -0.2) is 9.78 Å². The lowest BCUT2D eigenvalue weighted by Crippen LogP contribution is -2.39. The van der Waals surface area contributed by atoms with Crippen LogP contribution in [0.25, 0.3) is 5.57 Å². The molecular formula is C16H22N2O4. The highest BCUT2D eigenvalue weighted by Crippen LogP contribution is 2.23. The largest absolute Gasteiger partial charge is 0.444 e. The van der Waals surface area contributed by atoms with Crippen LogP contribution in [0.1, 0.15) is 32.9 Å². The van der Waals surface area contributed by atoms with Gasteiger partial charge in [0.1, 0.15) is 5.60 Å². The molecule has 0 aromatic carbocycles. The third kappa shape index (κ3) is 4.46. The van der Waals surface area contributed by atoms with E-state index < -0.39 is 5.60 Å². The molecule has 0 atom stereocenters. The van der Waals surface area contributed by atoms with E-state index in [1.54, 1.807) is 11.0 Å². The monoisotopic (exact) mass is 306 g/mol. The van der Waals surface area contributed by atoms with E-state index in [0.717, 1.165) is 17.7 Å². The predicted molar refractivity (Wildman–Crippen MR) is 82.3 cm³/mol. The van der Waals surface area contributed by atoms with Crippen molar-refractivity contribution in [3.05, 3.63) is 30.0 Å². The van der Waals surface area contributed by atoms with Crippen molar-refractivity contribution in [2.45, 2.75) is 32.8 Å². The van der Waals surface area contributed by atoms with E-state index in [2.05, 4.69) is 9.87 Å². The molecule has 0 saturated carbocycles. The van der Waals surface area contributed by atoms with Gasteiger partial charge in [0, 0.05) is 19.2 Å². The molecule has 6 heteroatoms. The number of ether oxygens (including phenoxy) is 1. The van der Waals surface area contributed by atoms with Gasteiger partial charge >= 0.3 is 6.09 Å². The highest BCUT2D eigenvalue weighted by Gasteiger charge is 2.24. The van der Waals surface area contributed by atoms with Gasteiger partial charge in [0.25, 0.3) is 5.88 Å². The van der Waals surface area contributed by atoms with Crippen LogP contribution in [0, 0.1) is 0 Å². The maximum atomic E-state index is 12.0. The van der Waals surface area contributed by atoms with Crippen LogP contribution in [-0.2, 0) is 9.62 Å². The summed E-state index contributed by atoms with van der Waals surface area (Å²) in [4.78, 5) is 27.6. The van der Waals surface area contributed by atoms with Gasteiger partial charge in [-0.15, -0.1) is 0 Å². The van der Waals surface area contributed by atoms with Gasteiger partial charge in [0.05, 0.1) is 12.8 Å². The van der Waals surface area contributed by atoms with Gasteiger partial charge in [-0.2, -0.15) is 4.89 Å². The van der Waals surface area contributed by atoms with Crippen molar-refractivity contribution in [2.75, 3.05) is 20.2 Å². The minimum atomic E-state index is -0.478. The molecule has 120 valence electrons. The molecule has 0 spiro atoms. The second kappa shape index (κ2) is 6.79. The molecule has 0 fully saturated rings. The first kappa shape index (κ1) is 16.3. The highest BCUT2D eigenvalue weighted by atomic mass is 17.2. The molecule has 2 rings (SSSR count). The summed E-state index contributed by atoms with van der Waals surface area (Å²) in [5.41, 5.74) is 1.44. The lowest BCUT2D eigenvalue weighted by Gasteiger charge is -2.29. The summed E-state index contributed by atoms with van der Waals surface area (Å²) in [6.45, 7) is 6.71. The van der Waals surface area contributed by atoms with Crippen LogP contribution in [0.15, 0.2) is 24.3 Å². The van der Waals surface area contributed by atoms with Gasteiger partial charge in [-0.05, 0) is 38.8 Å². The Hall–Kier alpha value is -2.08. The number of rotatable bonds is 3. The smallest absolute Gasteiger partial charge is 0.410 e. The van der Waals surface area contributed by atoms with E-state index in [4.69, 9.17) is 9.62 Å². The first-order valence-electron chi connectivity index (χ1n) is 7.24. The number of hydrogen-bond donors (Lipinski definition) is 0. The molecule has 22 heavy (non-hydrogen) atoms. The Morgan fingerprint density at radius 3 is 2.68 bits per heavy atom. The lowest BCUT2D eigenvalue weighted by atomic mass is 10.0. The zero-order chi connectivity index (χ0) is 16.2. The molecular weight excluding hydrogens is 284 g/mol. The topological polar surface area (TPSA) is 60.9 Å². The van der Waals surface area contributed by atoms with Crippen LogP contribution in [0.3, 0.4) is 0 Å². The predicted octanol–water partition coefficient (Wildman–Crippen LogP) is 3.05. The van der Waals surface area contributed by atoms with Crippen molar-refractivity contribution in [1.82, 2.24) is 9.88 Å². The van der Waals surface area contributed by atoms with Crippen molar-refractivity contribution in [3.63, 3.8) is 0 Å². The van der Waals surface area contributed by atoms with Crippen molar-refractivity contribution in [1.29, 1.82) is 0 Å². The molecule has 1 aromatic heterocycles. The number of pyridine rings is 1. The molecule has 0 aliphatic carbocycles. The molecule has 1 aliphatic heterocycles. The Bertz CT molecular complexity index is 564. The van der Waals surface area contributed by atoms with E-state index in [0.29, 0.717) is 19.0 Å². The number of amides is 1. The minimum Gasteiger partial charge on any atom is -0.444 e. The van der Waals surface area contributed by atoms with Crippen LogP contribution in [0.2, 0.25) is 0 Å². The second-order valence-electron chi connectivity index (χ2n) is 6.02. The second-order valence-corrected chi connectivity index (χ2v) is 6.02. The number of hydrogen-bond acceptors (Lipinski definition) is 5. The Kier molecular flexibility index (Phi) is 5.03. The molecule has 1 amide bonds. The van der Waals surface area contributed by atoms with Crippen LogP contribution in [-0.4, -0.2) is 41.8 Å². The van der Waals surface area contributed by atoms with Crippen molar-refractivity contribution in [3.8, 4) is 5.88 Å². The maximum Gasteiger partial charge on any atom is 0.410 e. The SMILES string of the molecule is COOc1cccc(C2=CCN(C(=O)OC(C)(C)C)CC2)n1. The van der Waals surface area contributed by atoms with Crippen LogP contribution < -0.4 is 4.89 Å². The Labute approximate surface area is 130 Å².